The van der Waals surface area contributed by atoms with E-state index in [4.69, 9.17) is 5.26 Å². The molecule has 0 radical (unpaired) electrons. The zero-order chi connectivity index (χ0) is 24.5. The molecule has 6 aromatic rings. The number of rotatable bonds is 5. The third-order valence-electron chi connectivity index (χ3n) is 6.69. The van der Waals surface area contributed by atoms with E-state index in [1.54, 1.807) is 0 Å². The van der Waals surface area contributed by atoms with Gasteiger partial charge in [-0.3, -0.25) is 0 Å². The first-order chi connectivity index (χ1) is 17.7. The second-order valence-electron chi connectivity index (χ2n) is 8.86. The first-order valence-corrected chi connectivity index (χ1v) is 11.7. The number of aromatic nitrogens is 3. The Labute approximate surface area is 208 Å². The van der Waals surface area contributed by atoms with E-state index < -0.39 is 0 Å². The maximum Gasteiger partial charge on any atom is 0.100 e. The summed E-state index contributed by atoms with van der Waals surface area (Å²) in [5.74, 6) is 0. The molecular formula is C31H21N5. The molecule has 0 spiro atoms. The van der Waals surface area contributed by atoms with Crippen molar-refractivity contribution in [3.05, 3.63) is 126 Å². The van der Waals surface area contributed by atoms with Gasteiger partial charge in [-0.1, -0.05) is 54.6 Å². The van der Waals surface area contributed by atoms with Crippen LogP contribution in [0.1, 0.15) is 22.4 Å². The van der Waals surface area contributed by atoms with Gasteiger partial charge in [-0.25, -0.2) is 4.98 Å². The van der Waals surface area contributed by atoms with E-state index >= 15 is 0 Å². The summed E-state index contributed by atoms with van der Waals surface area (Å²) in [6.45, 7) is 1.32. The van der Waals surface area contributed by atoms with E-state index in [1.165, 1.54) is 5.39 Å². The zero-order valence-electron chi connectivity index (χ0n) is 19.5. The molecule has 0 saturated carbocycles. The molecule has 0 unspecified atom stereocenters. The molecule has 170 valence electrons. The van der Waals surface area contributed by atoms with Crippen LogP contribution in [-0.2, 0) is 13.1 Å². The first-order valence-electron chi connectivity index (χ1n) is 11.7. The van der Waals surface area contributed by atoms with E-state index in [0.717, 1.165) is 38.7 Å². The predicted octanol–water partition coefficient (Wildman–Crippen LogP) is 6.50. The molecule has 36 heavy (non-hydrogen) atoms. The van der Waals surface area contributed by atoms with E-state index in [-0.39, 0.29) is 0 Å². The summed E-state index contributed by atoms with van der Waals surface area (Å²) in [6, 6.07) is 33.0. The number of hydrogen-bond acceptors (Lipinski definition) is 3. The van der Waals surface area contributed by atoms with Gasteiger partial charge >= 0.3 is 0 Å². The van der Waals surface area contributed by atoms with Crippen molar-refractivity contribution in [2.24, 2.45) is 0 Å². The fourth-order valence-corrected chi connectivity index (χ4v) is 4.81. The van der Waals surface area contributed by atoms with E-state index in [0.29, 0.717) is 24.2 Å². The van der Waals surface area contributed by atoms with Crippen molar-refractivity contribution in [2.75, 3.05) is 0 Å². The third-order valence-corrected chi connectivity index (χ3v) is 6.69. The summed E-state index contributed by atoms with van der Waals surface area (Å²) in [6.07, 6.45) is 5.75. The van der Waals surface area contributed by atoms with E-state index in [2.05, 4.69) is 68.7 Å². The normalized spacial score (nSPS) is 10.9. The summed E-state index contributed by atoms with van der Waals surface area (Å²) >= 11 is 0. The van der Waals surface area contributed by atoms with Gasteiger partial charge in [-0.2, -0.15) is 10.5 Å². The highest BCUT2D eigenvalue weighted by Gasteiger charge is 2.14. The van der Waals surface area contributed by atoms with Crippen molar-refractivity contribution in [1.82, 2.24) is 14.1 Å². The lowest BCUT2D eigenvalue weighted by atomic mass is 9.95. The zero-order valence-corrected chi connectivity index (χ0v) is 19.5. The summed E-state index contributed by atoms with van der Waals surface area (Å²) in [5.41, 5.74) is 6.51. The van der Waals surface area contributed by atoms with Crippen LogP contribution in [0, 0.1) is 22.7 Å². The minimum Gasteiger partial charge on any atom is -0.341 e. The Hall–Kier alpha value is -5.13. The maximum atomic E-state index is 10.1. The monoisotopic (exact) mass is 463 g/mol. The quantitative estimate of drug-likeness (QED) is 0.293. The van der Waals surface area contributed by atoms with E-state index in [1.807, 2.05) is 61.2 Å². The fourth-order valence-electron chi connectivity index (χ4n) is 4.81. The minimum absolute atomic E-state index is 0.639. The lowest BCUT2D eigenvalue weighted by Crippen LogP contribution is -2.07. The van der Waals surface area contributed by atoms with Crippen LogP contribution >= 0.6 is 0 Å². The minimum atomic E-state index is 0.639. The molecule has 0 aliphatic heterocycles. The molecule has 5 heteroatoms. The molecule has 0 fully saturated rings. The molecule has 0 saturated heterocycles. The standard InChI is InChI=1S/C31H21N5/c32-16-22-5-7-23(8-6-22)19-36-21-34-18-27(36)20-35-14-13-29-30(17-33)28(11-12-31(29)35)26-10-9-24-3-1-2-4-25(24)15-26/h1-15,18,21H,19-20H2. The summed E-state index contributed by atoms with van der Waals surface area (Å²) < 4.78 is 4.27. The highest BCUT2D eigenvalue weighted by molar-refractivity contribution is 5.95. The van der Waals surface area contributed by atoms with Crippen molar-refractivity contribution in [2.45, 2.75) is 13.1 Å². The lowest BCUT2D eigenvalue weighted by molar-refractivity contribution is 0.698. The summed E-state index contributed by atoms with van der Waals surface area (Å²) in [4.78, 5) is 4.37. The smallest absolute Gasteiger partial charge is 0.100 e. The molecule has 2 heterocycles. The lowest BCUT2D eigenvalue weighted by Gasteiger charge is -2.12. The summed E-state index contributed by atoms with van der Waals surface area (Å²) in [7, 11) is 0. The van der Waals surface area contributed by atoms with Crippen molar-refractivity contribution in [1.29, 1.82) is 10.5 Å². The van der Waals surface area contributed by atoms with Crippen LogP contribution in [0.3, 0.4) is 0 Å². The van der Waals surface area contributed by atoms with Crippen LogP contribution in [0.25, 0.3) is 32.8 Å². The molecule has 0 amide bonds. The SMILES string of the molecule is N#Cc1ccc(Cn2cncc2Cn2ccc3c(C#N)c(-c4ccc5ccccc5c4)ccc32)cc1. The van der Waals surface area contributed by atoms with E-state index in [9.17, 15) is 5.26 Å². The van der Waals surface area contributed by atoms with Crippen molar-refractivity contribution < 1.29 is 0 Å². The number of fused-ring (bicyclic) bond motifs is 2. The first kappa shape index (κ1) is 21.4. The Bertz CT molecular complexity index is 1810. The number of nitriles is 2. The van der Waals surface area contributed by atoms with Gasteiger partial charge < -0.3 is 9.13 Å². The Balaban J connectivity index is 1.33. The van der Waals surface area contributed by atoms with Crippen molar-refractivity contribution in [3.8, 4) is 23.3 Å². The molecular weight excluding hydrogens is 442 g/mol. The van der Waals surface area contributed by atoms with Gasteiger partial charge in [0.2, 0.25) is 0 Å². The number of nitrogens with zero attached hydrogens (tertiary/aromatic N) is 5. The second-order valence-corrected chi connectivity index (χ2v) is 8.86. The Morgan fingerprint density at radius 1 is 0.750 bits per heavy atom. The van der Waals surface area contributed by atoms with Crippen molar-refractivity contribution in [3.63, 3.8) is 0 Å². The Kier molecular flexibility index (Phi) is 5.30. The highest BCUT2D eigenvalue weighted by atomic mass is 15.1. The molecule has 0 aliphatic carbocycles. The molecule has 0 atom stereocenters. The number of hydrogen-bond donors (Lipinski definition) is 0. The Morgan fingerprint density at radius 2 is 1.58 bits per heavy atom. The average molecular weight is 464 g/mol. The van der Waals surface area contributed by atoms with Gasteiger partial charge in [0.05, 0.1) is 35.8 Å². The molecule has 0 N–H and O–H groups in total. The van der Waals surface area contributed by atoms with Gasteiger partial charge in [0.25, 0.3) is 0 Å². The molecule has 0 bridgehead atoms. The predicted molar refractivity (Wildman–Crippen MR) is 141 cm³/mol. The van der Waals surface area contributed by atoms with Crippen molar-refractivity contribution >= 4 is 21.7 Å². The largest absolute Gasteiger partial charge is 0.341 e. The molecule has 5 nitrogen and oxygen atoms in total. The average Bonchev–Trinajstić information content (AvgIpc) is 3.55. The number of benzene rings is 4. The van der Waals surface area contributed by atoms with Crippen LogP contribution in [-0.4, -0.2) is 14.1 Å². The van der Waals surface area contributed by atoms with Gasteiger partial charge in [0, 0.05) is 35.4 Å². The van der Waals surface area contributed by atoms with Gasteiger partial charge in [-0.15, -0.1) is 0 Å². The molecule has 2 aromatic heterocycles. The molecule has 4 aromatic carbocycles. The second kappa shape index (κ2) is 8.91. The number of imidazole rings is 1. The molecule has 0 aliphatic rings. The molecule has 6 rings (SSSR count). The van der Waals surface area contributed by atoms with Crippen LogP contribution in [0.4, 0.5) is 0 Å². The summed E-state index contributed by atoms with van der Waals surface area (Å²) in [5, 5.41) is 22.4. The maximum absolute atomic E-state index is 10.1. The fraction of sp³-hybridized carbons (Fsp3) is 0.0645. The topological polar surface area (TPSA) is 70.3 Å². The highest BCUT2D eigenvalue weighted by Crippen LogP contribution is 2.32. The Morgan fingerprint density at radius 3 is 2.39 bits per heavy atom. The van der Waals surface area contributed by atoms with Crippen LogP contribution in [0.15, 0.2) is 104 Å². The third kappa shape index (κ3) is 3.79. The van der Waals surface area contributed by atoms with Gasteiger partial charge in [-0.05, 0) is 52.2 Å². The van der Waals surface area contributed by atoms with Crippen LogP contribution in [0.5, 0.6) is 0 Å². The van der Waals surface area contributed by atoms with Crippen LogP contribution in [0.2, 0.25) is 0 Å². The van der Waals surface area contributed by atoms with Crippen LogP contribution < -0.4 is 0 Å². The van der Waals surface area contributed by atoms with Gasteiger partial charge in [0.1, 0.15) is 6.07 Å². The van der Waals surface area contributed by atoms with Gasteiger partial charge in [0.15, 0.2) is 0 Å².